The van der Waals surface area contributed by atoms with Gasteiger partial charge in [-0.25, -0.2) is 0 Å². The summed E-state index contributed by atoms with van der Waals surface area (Å²) in [6, 6.07) is -0.988. The Labute approximate surface area is 105 Å². The lowest BCUT2D eigenvalue weighted by Gasteiger charge is -2.30. The maximum Gasteiger partial charge on any atom is 0.463 e. The fourth-order valence-electron chi connectivity index (χ4n) is 1.02. The lowest BCUT2D eigenvalue weighted by Crippen LogP contribution is -2.55. The molecular weight excluding hydrogens is 285 g/mol. The molecule has 0 aliphatic carbocycles. The molecule has 0 aliphatic rings. The summed E-state index contributed by atoms with van der Waals surface area (Å²) in [5, 5.41) is 0. The number of hydrogen-bond donors (Lipinski definition) is 0. The molecule has 0 saturated heterocycles. The molecule has 0 radical (unpaired) electrons. The van der Waals surface area contributed by atoms with Gasteiger partial charge < -0.3 is 4.90 Å². The van der Waals surface area contributed by atoms with Crippen molar-refractivity contribution < 1.29 is 31.5 Å². The molecule has 9 heteroatoms. The van der Waals surface area contributed by atoms with Crippen LogP contribution in [0.5, 0.6) is 0 Å². The minimum Gasteiger partial charge on any atom is -0.327 e. The molecule has 0 unspecified atom stereocenters. The minimum atomic E-state index is -6.00. The SMILES string of the molecule is CC(C)N(CC(=O)CCl)C(=O)C(F)(F)C(F)(F)F. The summed E-state index contributed by atoms with van der Waals surface area (Å²) in [5.74, 6) is -9.38. The topological polar surface area (TPSA) is 37.4 Å². The first-order valence-corrected chi connectivity index (χ1v) is 5.31. The van der Waals surface area contributed by atoms with E-state index in [-0.39, 0.29) is 4.90 Å². The Hall–Kier alpha value is -0.920. The van der Waals surface area contributed by atoms with E-state index in [0.29, 0.717) is 0 Å². The van der Waals surface area contributed by atoms with Gasteiger partial charge >= 0.3 is 18.0 Å². The number of hydrogen-bond acceptors (Lipinski definition) is 2. The lowest BCUT2D eigenvalue weighted by atomic mass is 10.2. The summed E-state index contributed by atoms with van der Waals surface area (Å²) < 4.78 is 61.7. The van der Waals surface area contributed by atoms with Crippen LogP contribution >= 0.6 is 11.6 Å². The Kier molecular flexibility index (Phi) is 5.52. The first-order valence-electron chi connectivity index (χ1n) is 4.78. The average Bonchev–Trinajstić information content (AvgIpc) is 2.22. The fraction of sp³-hybridized carbons (Fsp3) is 0.778. The Morgan fingerprint density at radius 2 is 1.61 bits per heavy atom. The predicted octanol–water partition coefficient (Wildman–Crippen LogP) is 2.23. The standard InChI is InChI=1S/C9H11ClF5NO2/c1-5(2)16(4-6(17)3-10)7(18)8(11,12)9(13,14)15/h5H,3-4H2,1-2H3. The van der Waals surface area contributed by atoms with E-state index in [0.717, 1.165) is 0 Å². The van der Waals surface area contributed by atoms with E-state index < -0.39 is 42.3 Å². The Morgan fingerprint density at radius 3 is 1.89 bits per heavy atom. The fourth-order valence-corrected chi connectivity index (χ4v) is 1.11. The molecule has 0 N–H and O–H groups in total. The molecular formula is C9H11ClF5NO2. The van der Waals surface area contributed by atoms with Crippen molar-refractivity contribution in [2.75, 3.05) is 12.4 Å². The zero-order valence-electron chi connectivity index (χ0n) is 9.52. The molecule has 3 nitrogen and oxygen atoms in total. The predicted molar refractivity (Wildman–Crippen MR) is 53.6 cm³/mol. The third kappa shape index (κ3) is 3.79. The molecule has 0 aromatic heterocycles. The zero-order valence-corrected chi connectivity index (χ0v) is 10.3. The number of carbonyl (C=O) groups is 2. The molecule has 1 amide bonds. The lowest BCUT2D eigenvalue weighted by molar-refractivity contribution is -0.275. The third-order valence-electron chi connectivity index (χ3n) is 2.00. The Balaban J connectivity index is 5.16. The van der Waals surface area contributed by atoms with Crippen LogP contribution in [0.4, 0.5) is 22.0 Å². The number of carbonyl (C=O) groups excluding carboxylic acids is 2. The van der Waals surface area contributed by atoms with Gasteiger partial charge in [0.1, 0.15) is 0 Å². The van der Waals surface area contributed by atoms with Gasteiger partial charge in [0.25, 0.3) is 0 Å². The van der Waals surface area contributed by atoms with E-state index in [4.69, 9.17) is 11.6 Å². The van der Waals surface area contributed by atoms with Crippen molar-refractivity contribution in [2.45, 2.75) is 32.0 Å². The van der Waals surface area contributed by atoms with Crippen molar-refractivity contribution in [1.82, 2.24) is 4.90 Å². The number of Topliss-reactive ketones (excluding diaryl/α,β-unsaturated/α-hetero) is 1. The number of amides is 1. The van der Waals surface area contributed by atoms with Crippen LogP contribution in [-0.4, -0.2) is 47.2 Å². The number of ketones is 1. The summed E-state index contributed by atoms with van der Waals surface area (Å²) in [6.07, 6.45) is -6.00. The highest BCUT2D eigenvalue weighted by atomic mass is 35.5. The Bertz CT molecular complexity index is 329. The Morgan fingerprint density at radius 1 is 1.17 bits per heavy atom. The molecule has 0 aromatic rings. The minimum absolute atomic E-state index is 0.151. The van der Waals surface area contributed by atoms with Gasteiger partial charge in [0.2, 0.25) is 0 Å². The molecule has 0 atom stereocenters. The van der Waals surface area contributed by atoms with Crippen LogP contribution in [0.2, 0.25) is 0 Å². The van der Waals surface area contributed by atoms with Crippen LogP contribution < -0.4 is 0 Å². The van der Waals surface area contributed by atoms with Crippen molar-refractivity contribution >= 4 is 23.3 Å². The first kappa shape index (κ1) is 17.1. The highest BCUT2D eigenvalue weighted by Crippen LogP contribution is 2.37. The van der Waals surface area contributed by atoms with E-state index in [1.165, 1.54) is 13.8 Å². The van der Waals surface area contributed by atoms with Crippen molar-refractivity contribution in [3.63, 3.8) is 0 Å². The van der Waals surface area contributed by atoms with Crippen molar-refractivity contribution in [2.24, 2.45) is 0 Å². The van der Waals surface area contributed by atoms with Crippen LogP contribution in [0.1, 0.15) is 13.8 Å². The number of halogens is 6. The van der Waals surface area contributed by atoms with E-state index >= 15 is 0 Å². The van der Waals surface area contributed by atoms with Crippen molar-refractivity contribution in [3.05, 3.63) is 0 Å². The van der Waals surface area contributed by atoms with E-state index in [2.05, 4.69) is 0 Å². The molecule has 0 aromatic carbocycles. The number of nitrogens with zero attached hydrogens (tertiary/aromatic N) is 1. The maximum atomic E-state index is 12.8. The second-order valence-electron chi connectivity index (χ2n) is 3.77. The molecule has 0 aliphatic heterocycles. The van der Waals surface area contributed by atoms with Gasteiger partial charge in [0.05, 0.1) is 12.4 Å². The molecule has 0 saturated carbocycles. The van der Waals surface area contributed by atoms with Gasteiger partial charge in [-0.1, -0.05) is 0 Å². The summed E-state index contributed by atoms with van der Waals surface area (Å²) in [6.45, 7) is 1.55. The van der Waals surface area contributed by atoms with Gasteiger partial charge in [0, 0.05) is 6.04 Å². The summed E-state index contributed by atoms with van der Waals surface area (Å²) in [4.78, 5) is 22.3. The molecule has 0 bridgehead atoms. The van der Waals surface area contributed by atoms with E-state index in [1.54, 1.807) is 0 Å². The average molecular weight is 296 g/mol. The second-order valence-corrected chi connectivity index (χ2v) is 4.04. The third-order valence-corrected chi connectivity index (χ3v) is 2.30. The monoisotopic (exact) mass is 295 g/mol. The van der Waals surface area contributed by atoms with Crippen LogP contribution in [0.25, 0.3) is 0 Å². The quantitative estimate of drug-likeness (QED) is 0.576. The zero-order chi connectivity index (χ0) is 14.7. The summed E-state index contributed by atoms with van der Waals surface area (Å²) in [5.41, 5.74) is 0. The van der Waals surface area contributed by atoms with Crippen LogP contribution in [-0.2, 0) is 9.59 Å². The van der Waals surface area contributed by atoms with E-state index in [9.17, 15) is 31.5 Å². The van der Waals surface area contributed by atoms with Gasteiger partial charge in [-0.05, 0) is 13.8 Å². The number of alkyl halides is 6. The second kappa shape index (κ2) is 5.81. The van der Waals surface area contributed by atoms with Gasteiger partial charge in [-0.2, -0.15) is 22.0 Å². The molecule has 106 valence electrons. The largest absolute Gasteiger partial charge is 0.463 e. The molecule has 0 fully saturated rings. The molecule has 0 heterocycles. The molecule has 0 rings (SSSR count). The molecule has 0 spiro atoms. The molecule has 18 heavy (non-hydrogen) atoms. The summed E-state index contributed by atoms with van der Waals surface area (Å²) in [7, 11) is 0. The van der Waals surface area contributed by atoms with Crippen molar-refractivity contribution in [1.29, 1.82) is 0 Å². The van der Waals surface area contributed by atoms with Crippen molar-refractivity contribution in [3.8, 4) is 0 Å². The highest BCUT2D eigenvalue weighted by molar-refractivity contribution is 6.28. The number of rotatable bonds is 5. The maximum absolute atomic E-state index is 12.8. The normalized spacial score (nSPS) is 12.7. The van der Waals surface area contributed by atoms with Gasteiger partial charge in [0.15, 0.2) is 5.78 Å². The van der Waals surface area contributed by atoms with Crippen LogP contribution in [0.3, 0.4) is 0 Å². The smallest absolute Gasteiger partial charge is 0.327 e. The summed E-state index contributed by atoms with van der Waals surface area (Å²) >= 11 is 5.11. The van der Waals surface area contributed by atoms with Crippen LogP contribution in [0.15, 0.2) is 0 Å². The van der Waals surface area contributed by atoms with E-state index in [1.807, 2.05) is 0 Å². The van der Waals surface area contributed by atoms with Crippen LogP contribution in [0, 0.1) is 0 Å². The van der Waals surface area contributed by atoms with Gasteiger partial charge in [-0.15, -0.1) is 11.6 Å². The van der Waals surface area contributed by atoms with Gasteiger partial charge in [-0.3, -0.25) is 9.59 Å². The highest BCUT2D eigenvalue weighted by Gasteiger charge is 2.64. The first-order chi connectivity index (χ1) is 7.95.